The minimum atomic E-state index is -0.699. The molecule has 18 heavy (non-hydrogen) atoms. The minimum Gasteiger partial charge on any atom is -0.481 e. The molecule has 4 heteroatoms. The third-order valence-electron chi connectivity index (χ3n) is 4.55. The number of aliphatic hydroxyl groups excluding tert-OH is 1. The van der Waals surface area contributed by atoms with Crippen LogP contribution in [0, 0.1) is 17.8 Å². The number of aliphatic carboxylic acids is 1. The molecule has 2 aliphatic rings. The van der Waals surface area contributed by atoms with Gasteiger partial charge in [0.1, 0.15) is 0 Å². The van der Waals surface area contributed by atoms with E-state index < -0.39 is 5.97 Å². The number of hydrogen-bond acceptors (Lipinski definition) is 3. The normalized spacial score (nSPS) is 31.9. The Balaban J connectivity index is 1.74. The van der Waals surface area contributed by atoms with Crippen LogP contribution in [0.1, 0.15) is 39.0 Å². The summed E-state index contributed by atoms with van der Waals surface area (Å²) in [5.74, 6) is -0.0737. The maximum Gasteiger partial charge on any atom is 0.308 e. The predicted molar refractivity (Wildman–Crippen MR) is 69.3 cm³/mol. The van der Waals surface area contributed by atoms with E-state index in [-0.39, 0.29) is 17.9 Å². The summed E-state index contributed by atoms with van der Waals surface area (Å²) < 4.78 is 0. The molecule has 2 fully saturated rings. The van der Waals surface area contributed by atoms with Gasteiger partial charge >= 0.3 is 5.97 Å². The van der Waals surface area contributed by atoms with Gasteiger partial charge in [-0.1, -0.05) is 32.6 Å². The molecule has 1 aliphatic carbocycles. The molecule has 1 aliphatic heterocycles. The zero-order valence-corrected chi connectivity index (χ0v) is 11.2. The molecule has 1 saturated heterocycles. The van der Waals surface area contributed by atoms with Crippen molar-refractivity contribution in [1.29, 1.82) is 0 Å². The van der Waals surface area contributed by atoms with Crippen LogP contribution in [-0.4, -0.2) is 46.8 Å². The predicted octanol–water partition coefficient (Wildman–Crippen LogP) is 1.58. The number of carbonyl (C=O) groups is 1. The van der Waals surface area contributed by atoms with Crippen LogP contribution in [-0.2, 0) is 4.79 Å². The van der Waals surface area contributed by atoms with Gasteiger partial charge < -0.3 is 10.2 Å². The SMILES string of the molecule is C[C@@H]1CN(CC(O)CC2CCCC2)C[C@H]1C(=O)O. The lowest BCUT2D eigenvalue weighted by Gasteiger charge is -2.21. The van der Waals surface area contributed by atoms with Gasteiger partial charge in [0.15, 0.2) is 0 Å². The third-order valence-corrected chi connectivity index (χ3v) is 4.55. The van der Waals surface area contributed by atoms with Crippen molar-refractivity contribution in [3.05, 3.63) is 0 Å². The van der Waals surface area contributed by atoms with E-state index in [1.54, 1.807) is 0 Å². The van der Waals surface area contributed by atoms with Gasteiger partial charge in [0, 0.05) is 19.6 Å². The molecule has 0 spiro atoms. The molecule has 0 aromatic carbocycles. The molecule has 1 saturated carbocycles. The summed E-state index contributed by atoms with van der Waals surface area (Å²) in [5.41, 5.74) is 0. The first-order chi connectivity index (χ1) is 8.56. The molecule has 2 N–H and O–H groups in total. The highest BCUT2D eigenvalue weighted by Crippen LogP contribution is 2.29. The molecule has 0 radical (unpaired) electrons. The van der Waals surface area contributed by atoms with Crippen LogP contribution in [0.15, 0.2) is 0 Å². The van der Waals surface area contributed by atoms with E-state index in [1.165, 1.54) is 25.7 Å². The molecule has 0 amide bonds. The van der Waals surface area contributed by atoms with Crippen LogP contribution in [0.3, 0.4) is 0 Å². The highest BCUT2D eigenvalue weighted by Gasteiger charge is 2.35. The number of rotatable bonds is 5. The third kappa shape index (κ3) is 3.45. The van der Waals surface area contributed by atoms with Crippen LogP contribution in [0.25, 0.3) is 0 Å². The van der Waals surface area contributed by atoms with Gasteiger partial charge in [-0.15, -0.1) is 0 Å². The van der Waals surface area contributed by atoms with E-state index in [9.17, 15) is 9.90 Å². The maximum absolute atomic E-state index is 11.0. The second-order valence-electron chi connectivity index (χ2n) is 6.18. The number of carboxylic acid groups (broad SMARTS) is 1. The Kier molecular flexibility index (Phi) is 4.62. The Bertz CT molecular complexity index is 289. The summed E-state index contributed by atoms with van der Waals surface area (Å²) in [4.78, 5) is 13.1. The first-order valence-electron chi connectivity index (χ1n) is 7.19. The van der Waals surface area contributed by atoms with Crippen LogP contribution < -0.4 is 0 Å². The summed E-state index contributed by atoms with van der Waals surface area (Å²) >= 11 is 0. The number of nitrogens with zero attached hydrogens (tertiary/aromatic N) is 1. The van der Waals surface area contributed by atoms with E-state index in [1.807, 2.05) is 6.92 Å². The largest absolute Gasteiger partial charge is 0.481 e. The zero-order valence-electron chi connectivity index (χ0n) is 11.2. The molecular weight excluding hydrogens is 230 g/mol. The summed E-state index contributed by atoms with van der Waals surface area (Å²) in [5, 5.41) is 19.2. The molecule has 104 valence electrons. The fraction of sp³-hybridized carbons (Fsp3) is 0.929. The lowest BCUT2D eigenvalue weighted by atomic mass is 9.99. The van der Waals surface area contributed by atoms with Crippen molar-refractivity contribution in [2.75, 3.05) is 19.6 Å². The van der Waals surface area contributed by atoms with E-state index in [0.29, 0.717) is 19.0 Å². The average Bonchev–Trinajstić information content (AvgIpc) is 2.88. The van der Waals surface area contributed by atoms with Gasteiger partial charge in [-0.3, -0.25) is 9.69 Å². The van der Waals surface area contributed by atoms with Crippen LogP contribution >= 0.6 is 0 Å². The fourth-order valence-corrected chi connectivity index (χ4v) is 3.54. The Morgan fingerprint density at radius 1 is 1.33 bits per heavy atom. The van der Waals surface area contributed by atoms with Gasteiger partial charge in [-0.25, -0.2) is 0 Å². The molecule has 3 atom stereocenters. The molecule has 1 unspecified atom stereocenters. The summed E-state index contributed by atoms with van der Waals surface area (Å²) in [6, 6.07) is 0. The highest BCUT2D eigenvalue weighted by molar-refractivity contribution is 5.71. The number of carboxylic acids is 1. The Morgan fingerprint density at radius 3 is 2.56 bits per heavy atom. The molecule has 2 rings (SSSR count). The monoisotopic (exact) mass is 255 g/mol. The van der Waals surface area contributed by atoms with E-state index >= 15 is 0 Å². The Morgan fingerprint density at radius 2 is 2.00 bits per heavy atom. The number of β-amino-alcohol motifs (C(OH)–C–C–N with tert-alkyl or cyclic N) is 1. The van der Waals surface area contributed by atoms with Gasteiger partial charge in [0.05, 0.1) is 12.0 Å². The van der Waals surface area contributed by atoms with Crippen molar-refractivity contribution in [3.8, 4) is 0 Å². The topological polar surface area (TPSA) is 60.8 Å². The lowest BCUT2D eigenvalue weighted by molar-refractivity contribution is -0.142. The Hall–Kier alpha value is -0.610. The highest BCUT2D eigenvalue weighted by atomic mass is 16.4. The van der Waals surface area contributed by atoms with E-state index in [4.69, 9.17) is 5.11 Å². The number of hydrogen-bond donors (Lipinski definition) is 2. The number of likely N-dealkylation sites (tertiary alicyclic amines) is 1. The first kappa shape index (κ1) is 13.8. The maximum atomic E-state index is 11.0. The van der Waals surface area contributed by atoms with Crippen LogP contribution in [0.5, 0.6) is 0 Å². The molecule has 0 aromatic rings. The van der Waals surface area contributed by atoms with Gasteiger partial charge in [0.25, 0.3) is 0 Å². The second kappa shape index (κ2) is 6.02. The van der Waals surface area contributed by atoms with Gasteiger partial charge in [-0.2, -0.15) is 0 Å². The van der Waals surface area contributed by atoms with Crippen molar-refractivity contribution < 1.29 is 15.0 Å². The van der Waals surface area contributed by atoms with E-state index in [2.05, 4.69) is 4.90 Å². The van der Waals surface area contributed by atoms with Crippen molar-refractivity contribution in [3.63, 3.8) is 0 Å². The zero-order chi connectivity index (χ0) is 13.1. The summed E-state index contributed by atoms with van der Waals surface area (Å²) in [7, 11) is 0. The van der Waals surface area contributed by atoms with Gasteiger partial charge in [0.2, 0.25) is 0 Å². The van der Waals surface area contributed by atoms with Gasteiger partial charge in [-0.05, 0) is 18.3 Å². The van der Waals surface area contributed by atoms with E-state index in [0.717, 1.165) is 13.0 Å². The number of aliphatic hydroxyl groups is 1. The van der Waals surface area contributed by atoms with Crippen LogP contribution in [0.4, 0.5) is 0 Å². The summed E-state index contributed by atoms with van der Waals surface area (Å²) in [6.45, 7) is 4.03. The first-order valence-corrected chi connectivity index (χ1v) is 7.19. The average molecular weight is 255 g/mol. The minimum absolute atomic E-state index is 0.196. The molecular formula is C14H25NO3. The standard InChI is InChI=1S/C14H25NO3/c1-10-7-15(9-13(10)14(17)18)8-12(16)6-11-4-2-3-5-11/h10-13,16H,2-9H2,1H3,(H,17,18)/t10-,12?,13-/m1/s1. The molecule has 0 aromatic heterocycles. The smallest absolute Gasteiger partial charge is 0.308 e. The van der Waals surface area contributed by atoms with Crippen LogP contribution in [0.2, 0.25) is 0 Å². The lowest BCUT2D eigenvalue weighted by Crippen LogP contribution is -2.32. The molecule has 0 bridgehead atoms. The molecule has 1 heterocycles. The fourth-order valence-electron chi connectivity index (χ4n) is 3.54. The van der Waals surface area contributed by atoms with Crippen molar-refractivity contribution in [2.24, 2.45) is 17.8 Å². The van der Waals surface area contributed by atoms with Crippen molar-refractivity contribution in [1.82, 2.24) is 4.90 Å². The quantitative estimate of drug-likeness (QED) is 0.783. The Labute approximate surface area is 109 Å². The van der Waals surface area contributed by atoms with Crippen molar-refractivity contribution >= 4 is 5.97 Å². The molecule has 4 nitrogen and oxygen atoms in total. The van der Waals surface area contributed by atoms with Crippen molar-refractivity contribution in [2.45, 2.75) is 45.1 Å². The summed E-state index contributed by atoms with van der Waals surface area (Å²) in [6.07, 6.45) is 5.73. The second-order valence-corrected chi connectivity index (χ2v) is 6.18.